The molecule has 0 N–H and O–H groups in total. The Bertz CT molecular complexity index is 394. The summed E-state index contributed by atoms with van der Waals surface area (Å²) >= 11 is -1.24. The Labute approximate surface area is 89.4 Å². The van der Waals surface area contributed by atoms with Crippen LogP contribution in [0.25, 0.3) is 0 Å². The normalized spacial score (nSPS) is 12.0. The minimum atomic E-state index is -5.03. The summed E-state index contributed by atoms with van der Waals surface area (Å²) in [6.07, 6.45) is 0. The fourth-order valence-corrected chi connectivity index (χ4v) is 1.52. The van der Waals surface area contributed by atoms with Crippen LogP contribution in [0.3, 0.4) is 0 Å². The number of rotatable bonds is 1. The zero-order valence-corrected chi connectivity index (χ0v) is 8.37. The van der Waals surface area contributed by atoms with E-state index in [4.69, 9.17) is 0 Å². The summed E-state index contributed by atoms with van der Waals surface area (Å²) in [6.45, 7) is 0.721. The predicted octanol–water partition coefficient (Wildman–Crippen LogP) is 4.16. The van der Waals surface area contributed by atoms with E-state index in [0.717, 1.165) is 6.92 Å². The van der Waals surface area contributed by atoms with E-state index in [1.165, 1.54) is 0 Å². The van der Waals surface area contributed by atoms with Gasteiger partial charge in [0.1, 0.15) is 0 Å². The molecule has 1 aromatic rings. The Morgan fingerprint density at radius 1 is 0.812 bits per heavy atom. The highest BCUT2D eigenvalue weighted by Crippen LogP contribution is 2.41. The largest absolute Gasteiger partial charge is 0.446 e. The maximum atomic E-state index is 12.9. The monoisotopic (exact) mass is 264 g/mol. The van der Waals surface area contributed by atoms with Crippen LogP contribution in [0.4, 0.5) is 30.7 Å². The predicted molar refractivity (Wildman–Crippen MR) is 42.9 cm³/mol. The molecular weight excluding hydrogens is 261 g/mol. The molecule has 0 aliphatic carbocycles. The Kier molecular flexibility index (Phi) is 3.41. The van der Waals surface area contributed by atoms with Crippen molar-refractivity contribution in [3.8, 4) is 0 Å². The highest BCUT2D eigenvalue weighted by molar-refractivity contribution is 8.00. The molecule has 0 amide bonds. The quantitative estimate of drug-likeness (QED) is 0.417. The Hall–Kier alpha value is -0.920. The van der Waals surface area contributed by atoms with Crippen molar-refractivity contribution in [2.24, 2.45) is 0 Å². The molecule has 16 heavy (non-hydrogen) atoms. The molecule has 0 unspecified atom stereocenters. The molecule has 0 saturated carbocycles. The fourth-order valence-electron chi connectivity index (χ4n) is 0.927. The molecule has 0 aromatic heterocycles. The molecule has 0 bridgehead atoms. The van der Waals surface area contributed by atoms with Gasteiger partial charge in [-0.2, -0.15) is 13.2 Å². The highest BCUT2D eigenvalue weighted by atomic mass is 32.2. The highest BCUT2D eigenvalue weighted by Gasteiger charge is 2.35. The van der Waals surface area contributed by atoms with Crippen molar-refractivity contribution in [1.29, 1.82) is 0 Å². The van der Waals surface area contributed by atoms with Crippen molar-refractivity contribution in [3.63, 3.8) is 0 Å². The van der Waals surface area contributed by atoms with Gasteiger partial charge in [-0.3, -0.25) is 0 Å². The average molecular weight is 264 g/mol. The topological polar surface area (TPSA) is 0 Å². The molecule has 0 saturated heterocycles. The number of hydrogen-bond acceptors (Lipinski definition) is 1. The summed E-state index contributed by atoms with van der Waals surface area (Å²) in [5.41, 5.74) is -6.03. The van der Waals surface area contributed by atoms with Crippen LogP contribution < -0.4 is 0 Å². The first-order valence-corrected chi connectivity index (χ1v) is 4.55. The van der Waals surface area contributed by atoms with Crippen molar-refractivity contribution in [1.82, 2.24) is 0 Å². The molecule has 0 nitrogen and oxygen atoms in total. The van der Waals surface area contributed by atoms with Gasteiger partial charge in [-0.15, -0.1) is 0 Å². The molecule has 1 rings (SSSR count). The standard InChI is InChI=1S/C8H3F7S/c1-2-3(9)5(11)7(6(12)4(2)10)16-8(13,14)15/h1H3. The lowest BCUT2D eigenvalue weighted by atomic mass is 10.2. The third-order valence-electron chi connectivity index (χ3n) is 1.66. The second-order valence-electron chi connectivity index (χ2n) is 2.76. The Morgan fingerprint density at radius 3 is 1.50 bits per heavy atom. The zero-order chi connectivity index (χ0) is 12.7. The molecule has 0 spiro atoms. The van der Waals surface area contributed by atoms with Crippen LogP contribution in [0.5, 0.6) is 0 Å². The van der Waals surface area contributed by atoms with Gasteiger partial charge >= 0.3 is 5.51 Å². The van der Waals surface area contributed by atoms with Gasteiger partial charge in [-0.05, 0) is 18.7 Å². The number of benzene rings is 1. The molecule has 0 aliphatic heterocycles. The minimum Gasteiger partial charge on any atom is -0.203 e. The molecule has 1 aromatic carbocycles. The van der Waals surface area contributed by atoms with E-state index in [-0.39, 0.29) is 0 Å². The summed E-state index contributed by atoms with van der Waals surface area (Å²) < 4.78 is 87.1. The summed E-state index contributed by atoms with van der Waals surface area (Å²) in [5.74, 6) is -7.74. The van der Waals surface area contributed by atoms with Crippen molar-refractivity contribution >= 4 is 11.8 Å². The molecule has 0 atom stereocenters. The van der Waals surface area contributed by atoms with E-state index in [9.17, 15) is 30.7 Å². The molecule has 0 aliphatic rings. The van der Waals surface area contributed by atoms with Crippen LogP contribution in [-0.2, 0) is 0 Å². The third kappa shape index (κ3) is 2.42. The van der Waals surface area contributed by atoms with Gasteiger partial charge in [-0.25, -0.2) is 17.6 Å². The number of thioether (sulfide) groups is 1. The Morgan fingerprint density at radius 2 is 1.19 bits per heavy atom. The smallest absolute Gasteiger partial charge is 0.203 e. The maximum Gasteiger partial charge on any atom is 0.446 e. The Balaban J connectivity index is 3.40. The van der Waals surface area contributed by atoms with Gasteiger partial charge in [0.25, 0.3) is 0 Å². The van der Waals surface area contributed by atoms with Crippen LogP contribution in [0.2, 0.25) is 0 Å². The van der Waals surface area contributed by atoms with Crippen molar-refractivity contribution < 1.29 is 30.7 Å². The third-order valence-corrected chi connectivity index (χ3v) is 2.45. The summed E-state index contributed by atoms with van der Waals surface area (Å²) in [4.78, 5) is -1.73. The van der Waals surface area contributed by atoms with E-state index >= 15 is 0 Å². The van der Waals surface area contributed by atoms with Gasteiger partial charge < -0.3 is 0 Å². The van der Waals surface area contributed by atoms with E-state index in [2.05, 4.69) is 0 Å². The van der Waals surface area contributed by atoms with Gasteiger partial charge in [0.15, 0.2) is 23.3 Å². The summed E-state index contributed by atoms with van der Waals surface area (Å²) in [7, 11) is 0. The molecule has 0 fully saturated rings. The molecule has 0 heterocycles. The first-order valence-electron chi connectivity index (χ1n) is 3.73. The van der Waals surface area contributed by atoms with E-state index in [0.29, 0.717) is 0 Å². The van der Waals surface area contributed by atoms with Crippen molar-refractivity contribution in [2.45, 2.75) is 17.3 Å². The second-order valence-corrected chi connectivity index (χ2v) is 3.83. The lowest BCUT2D eigenvalue weighted by molar-refractivity contribution is -0.0331. The van der Waals surface area contributed by atoms with Crippen LogP contribution >= 0.6 is 11.8 Å². The SMILES string of the molecule is Cc1c(F)c(F)c(SC(F)(F)F)c(F)c1F. The maximum absolute atomic E-state index is 12.9. The number of alkyl halides is 3. The summed E-state index contributed by atoms with van der Waals surface area (Å²) in [5, 5.41) is 0. The lowest BCUT2D eigenvalue weighted by Gasteiger charge is -2.10. The molecule has 90 valence electrons. The minimum absolute atomic E-state index is 0.721. The van der Waals surface area contributed by atoms with E-state index < -0.39 is 51.0 Å². The lowest BCUT2D eigenvalue weighted by Crippen LogP contribution is -2.07. The second kappa shape index (κ2) is 4.15. The van der Waals surface area contributed by atoms with E-state index in [1.54, 1.807) is 0 Å². The van der Waals surface area contributed by atoms with Gasteiger partial charge in [-0.1, -0.05) is 0 Å². The first kappa shape index (κ1) is 13.1. The molecule has 8 heteroatoms. The van der Waals surface area contributed by atoms with Crippen LogP contribution in [0.1, 0.15) is 5.56 Å². The van der Waals surface area contributed by atoms with E-state index in [1.807, 2.05) is 0 Å². The summed E-state index contributed by atoms with van der Waals surface area (Å²) in [6, 6.07) is 0. The van der Waals surface area contributed by atoms with Crippen LogP contribution in [-0.4, -0.2) is 5.51 Å². The van der Waals surface area contributed by atoms with Gasteiger partial charge in [0.05, 0.1) is 4.90 Å². The zero-order valence-electron chi connectivity index (χ0n) is 7.55. The number of halogens is 7. The van der Waals surface area contributed by atoms with Crippen LogP contribution in [0.15, 0.2) is 4.90 Å². The first-order chi connectivity index (χ1) is 7.15. The van der Waals surface area contributed by atoms with Crippen molar-refractivity contribution in [3.05, 3.63) is 28.8 Å². The molecule has 0 radical (unpaired) electrons. The average Bonchev–Trinajstić information content (AvgIpc) is 2.17. The van der Waals surface area contributed by atoms with Gasteiger partial charge in [0.2, 0.25) is 0 Å². The fraction of sp³-hybridized carbons (Fsp3) is 0.250. The number of hydrogen-bond donors (Lipinski definition) is 0. The molecular formula is C8H3F7S. The van der Waals surface area contributed by atoms with Gasteiger partial charge in [0, 0.05) is 5.56 Å². The van der Waals surface area contributed by atoms with Crippen LogP contribution in [0, 0.1) is 30.2 Å². The van der Waals surface area contributed by atoms with Crippen molar-refractivity contribution in [2.75, 3.05) is 0 Å².